The van der Waals surface area contributed by atoms with Crippen LogP contribution in [0.1, 0.15) is 24.8 Å². The Kier molecular flexibility index (Phi) is 6.87. The summed E-state index contributed by atoms with van der Waals surface area (Å²) in [4.78, 5) is 16.8. The summed E-state index contributed by atoms with van der Waals surface area (Å²) >= 11 is 0. The molecule has 1 heterocycles. The Labute approximate surface area is 134 Å². The van der Waals surface area contributed by atoms with Crippen LogP contribution >= 0.6 is 0 Å². The van der Waals surface area contributed by atoms with E-state index in [9.17, 15) is 4.79 Å². The quantitative estimate of drug-likeness (QED) is 0.782. The number of hydrogen-bond donors (Lipinski definition) is 1. The zero-order valence-electron chi connectivity index (χ0n) is 13.9. The van der Waals surface area contributed by atoms with Crippen molar-refractivity contribution < 1.29 is 4.79 Å². The van der Waals surface area contributed by atoms with Crippen LogP contribution in [0.2, 0.25) is 0 Å². The fourth-order valence-electron chi connectivity index (χ4n) is 3.01. The van der Waals surface area contributed by atoms with E-state index >= 15 is 0 Å². The number of piperidine rings is 1. The SMILES string of the molecule is CN(C)CCCNC(=O)C1CCCN(Cc2ccccc2)C1. The van der Waals surface area contributed by atoms with E-state index in [1.165, 1.54) is 5.56 Å². The summed E-state index contributed by atoms with van der Waals surface area (Å²) in [7, 11) is 4.12. The molecular weight excluding hydrogens is 274 g/mol. The van der Waals surface area contributed by atoms with E-state index in [0.29, 0.717) is 0 Å². The number of carbonyl (C=O) groups excluding carboxylic acids is 1. The van der Waals surface area contributed by atoms with Crippen LogP contribution in [-0.4, -0.2) is 56.0 Å². The van der Waals surface area contributed by atoms with Gasteiger partial charge in [0, 0.05) is 19.6 Å². The van der Waals surface area contributed by atoms with Crippen molar-refractivity contribution in [1.29, 1.82) is 0 Å². The molecule has 0 bridgehead atoms. The van der Waals surface area contributed by atoms with Crippen molar-refractivity contribution in [3.63, 3.8) is 0 Å². The van der Waals surface area contributed by atoms with Crippen molar-refractivity contribution in [2.24, 2.45) is 5.92 Å². The van der Waals surface area contributed by atoms with Gasteiger partial charge in [-0.3, -0.25) is 9.69 Å². The Morgan fingerprint density at radius 1 is 1.32 bits per heavy atom. The van der Waals surface area contributed by atoms with E-state index in [2.05, 4.69) is 53.5 Å². The molecule has 4 heteroatoms. The van der Waals surface area contributed by atoms with Gasteiger partial charge in [-0.2, -0.15) is 0 Å². The van der Waals surface area contributed by atoms with E-state index in [-0.39, 0.29) is 11.8 Å². The van der Waals surface area contributed by atoms with Gasteiger partial charge in [0.15, 0.2) is 0 Å². The molecule has 4 nitrogen and oxygen atoms in total. The average molecular weight is 303 g/mol. The van der Waals surface area contributed by atoms with Crippen LogP contribution in [0.15, 0.2) is 30.3 Å². The molecule has 0 radical (unpaired) electrons. The zero-order valence-corrected chi connectivity index (χ0v) is 13.9. The smallest absolute Gasteiger partial charge is 0.224 e. The van der Waals surface area contributed by atoms with Crippen molar-refractivity contribution in [3.8, 4) is 0 Å². The van der Waals surface area contributed by atoms with Gasteiger partial charge < -0.3 is 10.2 Å². The molecule has 1 unspecified atom stereocenters. The number of nitrogens with one attached hydrogen (secondary N) is 1. The second-order valence-electron chi connectivity index (χ2n) is 6.51. The minimum atomic E-state index is 0.150. The van der Waals surface area contributed by atoms with Gasteiger partial charge in [-0.05, 0) is 52.0 Å². The van der Waals surface area contributed by atoms with Gasteiger partial charge >= 0.3 is 0 Å². The molecule has 1 aliphatic heterocycles. The molecule has 1 fully saturated rings. The first-order valence-corrected chi connectivity index (χ1v) is 8.34. The molecule has 1 aliphatic rings. The number of likely N-dealkylation sites (tertiary alicyclic amines) is 1. The second kappa shape index (κ2) is 8.91. The Hall–Kier alpha value is -1.39. The summed E-state index contributed by atoms with van der Waals surface area (Å²) in [5.74, 6) is 0.383. The number of amides is 1. The molecule has 1 amide bonds. The summed E-state index contributed by atoms with van der Waals surface area (Å²) in [6.45, 7) is 4.73. The molecule has 22 heavy (non-hydrogen) atoms. The van der Waals surface area contributed by atoms with Crippen molar-refractivity contribution >= 4 is 5.91 Å². The van der Waals surface area contributed by atoms with E-state index in [0.717, 1.165) is 52.0 Å². The lowest BCUT2D eigenvalue weighted by atomic mass is 9.96. The fraction of sp³-hybridized carbons (Fsp3) is 0.611. The largest absolute Gasteiger partial charge is 0.356 e. The summed E-state index contributed by atoms with van der Waals surface area (Å²) < 4.78 is 0. The molecule has 0 saturated carbocycles. The third kappa shape index (κ3) is 5.78. The molecule has 0 spiro atoms. The molecule has 1 saturated heterocycles. The fourth-order valence-corrected chi connectivity index (χ4v) is 3.01. The first-order valence-electron chi connectivity index (χ1n) is 8.34. The maximum atomic E-state index is 12.3. The third-order valence-corrected chi connectivity index (χ3v) is 4.21. The highest BCUT2D eigenvalue weighted by Crippen LogP contribution is 2.18. The number of nitrogens with zero attached hydrogens (tertiary/aromatic N) is 2. The highest BCUT2D eigenvalue weighted by atomic mass is 16.1. The van der Waals surface area contributed by atoms with Gasteiger partial charge in [-0.1, -0.05) is 30.3 Å². The van der Waals surface area contributed by atoms with Crippen molar-refractivity contribution in [1.82, 2.24) is 15.1 Å². The Bertz CT molecular complexity index is 447. The average Bonchev–Trinajstić information content (AvgIpc) is 2.52. The van der Waals surface area contributed by atoms with Crippen LogP contribution in [0, 0.1) is 5.92 Å². The van der Waals surface area contributed by atoms with E-state index in [1.54, 1.807) is 0 Å². The predicted molar refractivity (Wildman–Crippen MR) is 90.6 cm³/mol. The lowest BCUT2D eigenvalue weighted by Gasteiger charge is -2.32. The first kappa shape index (κ1) is 17.0. The zero-order chi connectivity index (χ0) is 15.8. The highest BCUT2D eigenvalue weighted by Gasteiger charge is 2.25. The molecule has 1 aromatic rings. The van der Waals surface area contributed by atoms with Crippen LogP contribution in [0.4, 0.5) is 0 Å². The molecule has 0 aliphatic carbocycles. The minimum absolute atomic E-state index is 0.150. The van der Waals surface area contributed by atoms with E-state index in [1.807, 2.05) is 6.07 Å². The maximum absolute atomic E-state index is 12.3. The van der Waals surface area contributed by atoms with Gasteiger partial charge in [0.2, 0.25) is 5.91 Å². The van der Waals surface area contributed by atoms with Crippen molar-refractivity contribution in [2.75, 3.05) is 40.3 Å². The Balaban J connectivity index is 1.74. The van der Waals surface area contributed by atoms with Crippen LogP contribution < -0.4 is 5.32 Å². The topological polar surface area (TPSA) is 35.6 Å². The lowest BCUT2D eigenvalue weighted by molar-refractivity contribution is -0.126. The van der Waals surface area contributed by atoms with Crippen LogP contribution in [0.25, 0.3) is 0 Å². The standard InChI is InChI=1S/C18H29N3O/c1-20(2)12-7-11-19-18(22)17-10-6-13-21(15-17)14-16-8-4-3-5-9-16/h3-5,8-9,17H,6-7,10-15H2,1-2H3,(H,19,22). The second-order valence-corrected chi connectivity index (χ2v) is 6.51. The van der Waals surface area contributed by atoms with Crippen LogP contribution in [0.3, 0.4) is 0 Å². The summed E-state index contributed by atoms with van der Waals surface area (Å²) in [5, 5.41) is 3.10. The Morgan fingerprint density at radius 3 is 2.82 bits per heavy atom. The number of benzene rings is 1. The lowest BCUT2D eigenvalue weighted by Crippen LogP contribution is -2.43. The third-order valence-electron chi connectivity index (χ3n) is 4.21. The number of rotatable bonds is 7. The Morgan fingerprint density at radius 2 is 2.09 bits per heavy atom. The molecule has 2 rings (SSSR count). The predicted octanol–water partition coefficient (Wildman–Crippen LogP) is 1.97. The van der Waals surface area contributed by atoms with Crippen LogP contribution in [-0.2, 0) is 11.3 Å². The normalized spacial score (nSPS) is 19.3. The van der Waals surface area contributed by atoms with Crippen molar-refractivity contribution in [2.45, 2.75) is 25.8 Å². The highest BCUT2D eigenvalue weighted by molar-refractivity contribution is 5.78. The molecule has 1 aromatic carbocycles. The molecule has 1 atom stereocenters. The van der Waals surface area contributed by atoms with E-state index in [4.69, 9.17) is 0 Å². The maximum Gasteiger partial charge on any atom is 0.224 e. The molecular formula is C18H29N3O. The number of hydrogen-bond acceptors (Lipinski definition) is 3. The molecule has 0 aromatic heterocycles. The van der Waals surface area contributed by atoms with Gasteiger partial charge in [-0.15, -0.1) is 0 Å². The van der Waals surface area contributed by atoms with E-state index < -0.39 is 0 Å². The van der Waals surface area contributed by atoms with Gasteiger partial charge in [0.05, 0.1) is 5.92 Å². The van der Waals surface area contributed by atoms with Crippen LogP contribution in [0.5, 0.6) is 0 Å². The first-order chi connectivity index (χ1) is 10.6. The number of carbonyl (C=O) groups is 1. The van der Waals surface area contributed by atoms with Gasteiger partial charge in [0.1, 0.15) is 0 Å². The molecule has 122 valence electrons. The molecule has 1 N–H and O–H groups in total. The monoisotopic (exact) mass is 303 g/mol. The minimum Gasteiger partial charge on any atom is -0.356 e. The summed E-state index contributed by atoms with van der Waals surface area (Å²) in [5.41, 5.74) is 1.33. The van der Waals surface area contributed by atoms with Crippen molar-refractivity contribution in [3.05, 3.63) is 35.9 Å². The van der Waals surface area contributed by atoms with Gasteiger partial charge in [-0.25, -0.2) is 0 Å². The van der Waals surface area contributed by atoms with Gasteiger partial charge in [0.25, 0.3) is 0 Å². The summed E-state index contributed by atoms with van der Waals surface area (Å²) in [6, 6.07) is 10.5. The summed E-state index contributed by atoms with van der Waals surface area (Å²) in [6.07, 6.45) is 3.15.